The third kappa shape index (κ3) is 3.59. The molecule has 0 amide bonds. The predicted molar refractivity (Wildman–Crippen MR) is 75.9 cm³/mol. The first-order chi connectivity index (χ1) is 8.79. The van der Waals surface area contributed by atoms with E-state index in [1.165, 1.54) is 0 Å². The van der Waals surface area contributed by atoms with E-state index in [1.807, 2.05) is 18.2 Å². The summed E-state index contributed by atoms with van der Waals surface area (Å²) < 4.78 is 5.33. The average molecular weight is 246 g/mol. The van der Waals surface area contributed by atoms with Crippen LogP contribution in [0.3, 0.4) is 0 Å². The van der Waals surface area contributed by atoms with E-state index < -0.39 is 0 Å². The molecule has 1 aliphatic heterocycles. The summed E-state index contributed by atoms with van der Waals surface area (Å²) in [6.45, 7) is 6.57. The Balaban J connectivity index is 1.90. The number of nitrogens with zero attached hydrogens (tertiary/aromatic N) is 1. The van der Waals surface area contributed by atoms with Gasteiger partial charge in [0.2, 0.25) is 0 Å². The highest BCUT2D eigenvalue weighted by molar-refractivity contribution is 5.57. The lowest BCUT2D eigenvalue weighted by Gasteiger charge is -2.30. The second-order valence-corrected chi connectivity index (χ2v) is 4.76. The van der Waals surface area contributed by atoms with Crippen molar-refractivity contribution in [3.8, 4) is 5.75 Å². The maximum atomic E-state index is 5.33. The molecule has 1 fully saturated rings. The zero-order valence-corrected chi connectivity index (χ0v) is 11.2. The zero-order valence-electron chi connectivity index (χ0n) is 11.2. The van der Waals surface area contributed by atoms with Crippen LogP contribution in [0.25, 0.3) is 6.08 Å². The molecule has 0 radical (unpaired) electrons. The van der Waals surface area contributed by atoms with Gasteiger partial charge in [-0.05, 0) is 13.0 Å². The quantitative estimate of drug-likeness (QED) is 0.879. The highest BCUT2D eigenvalue weighted by atomic mass is 16.5. The van der Waals surface area contributed by atoms with E-state index in [4.69, 9.17) is 4.74 Å². The molecule has 3 heteroatoms. The lowest BCUT2D eigenvalue weighted by atomic mass is 10.2. The molecular formula is C15H22N2O. The maximum absolute atomic E-state index is 5.33. The Morgan fingerprint density at radius 2 is 2.28 bits per heavy atom. The van der Waals surface area contributed by atoms with Crippen molar-refractivity contribution < 1.29 is 4.74 Å². The van der Waals surface area contributed by atoms with Crippen LogP contribution in [0.15, 0.2) is 30.3 Å². The first kappa shape index (κ1) is 13.1. The fourth-order valence-electron chi connectivity index (χ4n) is 2.31. The Hall–Kier alpha value is -1.32. The largest absolute Gasteiger partial charge is 0.496 e. The van der Waals surface area contributed by atoms with E-state index in [0.717, 1.165) is 37.5 Å². The van der Waals surface area contributed by atoms with Crippen molar-refractivity contribution in [2.24, 2.45) is 0 Å². The van der Waals surface area contributed by atoms with Gasteiger partial charge in [-0.25, -0.2) is 0 Å². The van der Waals surface area contributed by atoms with Gasteiger partial charge in [-0.15, -0.1) is 0 Å². The van der Waals surface area contributed by atoms with Crippen LogP contribution < -0.4 is 10.1 Å². The summed E-state index contributed by atoms with van der Waals surface area (Å²) in [5.74, 6) is 0.933. The summed E-state index contributed by atoms with van der Waals surface area (Å²) in [4.78, 5) is 2.47. The summed E-state index contributed by atoms with van der Waals surface area (Å²) in [5.41, 5.74) is 1.14. The number of methoxy groups -OCH3 is 1. The van der Waals surface area contributed by atoms with E-state index >= 15 is 0 Å². The topological polar surface area (TPSA) is 24.5 Å². The summed E-state index contributed by atoms with van der Waals surface area (Å²) in [6, 6.07) is 8.70. The standard InChI is InChI=1S/C15H22N2O/c1-13-12-17(11-9-16-13)10-5-7-14-6-3-4-8-15(14)18-2/h3-8,13,16H,9-12H2,1-2H3/b7-5+. The van der Waals surface area contributed by atoms with Crippen molar-refractivity contribution in [3.05, 3.63) is 35.9 Å². The number of rotatable bonds is 4. The van der Waals surface area contributed by atoms with Gasteiger partial charge in [0.25, 0.3) is 0 Å². The molecule has 1 aromatic carbocycles. The Morgan fingerprint density at radius 1 is 1.44 bits per heavy atom. The van der Waals surface area contributed by atoms with E-state index in [1.54, 1.807) is 7.11 Å². The van der Waals surface area contributed by atoms with Gasteiger partial charge >= 0.3 is 0 Å². The van der Waals surface area contributed by atoms with Crippen LogP contribution in [-0.4, -0.2) is 44.2 Å². The fraction of sp³-hybridized carbons (Fsp3) is 0.467. The average Bonchev–Trinajstić information content (AvgIpc) is 2.39. The molecule has 1 heterocycles. The molecule has 1 unspecified atom stereocenters. The van der Waals surface area contributed by atoms with Crippen molar-refractivity contribution in [1.29, 1.82) is 0 Å². The van der Waals surface area contributed by atoms with Gasteiger partial charge in [0.1, 0.15) is 5.75 Å². The van der Waals surface area contributed by atoms with Gasteiger partial charge in [-0.3, -0.25) is 4.90 Å². The Morgan fingerprint density at radius 3 is 3.06 bits per heavy atom. The van der Waals surface area contributed by atoms with Crippen LogP contribution in [0.5, 0.6) is 5.75 Å². The molecule has 1 aromatic rings. The third-order valence-corrected chi connectivity index (χ3v) is 3.25. The van der Waals surface area contributed by atoms with Crippen molar-refractivity contribution >= 4 is 6.08 Å². The number of hydrogen-bond donors (Lipinski definition) is 1. The van der Waals surface area contributed by atoms with Crippen molar-refractivity contribution in [2.45, 2.75) is 13.0 Å². The van der Waals surface area contributed by atoms with Crippen LogP contribution >= 0.6 is 0 Å². The lowest BCUT2D eigenvalue weighted by Crippen LogP contribution is -2.49. The normalized spacial score (nSPS) is 21.3. The third-order valence-electron chi connectivity index (χ3n) is 3.25. The van der Waals surface area contributed by atoms with E-state index in [-0.39, 0.29) is 0 Å². The Kier molecular flexibility index (Phi) is 4.79. The highest BCUT2D eigenvalue weighted by Gasteiger charge is 2.13. The SMILES string of the molecule is COc1ccccc1/C=C/CN1CCNC(C)C1. The van der Waals surface area contributed by atoms with E-state index in [2.05, 4.69) is 35.4 Å². The van der Waals surface area contributed by atoms with Crippen molar-refractivity contribution in [1.82, 2.24) is 10.2 Å². The molecule has 0 aliphatic carbocycles. The summed E-state index contributed by atoms with van der Waals surface area (Å²) in [5, 5.41) is 3.45. The van der Waals surface area contributed by atoms with Crippen LogP contribution in [-0.2, 0) is 0 Å². The number of para-hydroxylation sites is 1. The minimum atomic E-state index is 0.596. The smallest absolute Gasteiger partial charge is 0.126 e. The van der Waals surface area contributed by atoms with Crippen molar-refractivity contribution in [3.63, 3.8) is 0 Å². The Labute approximate surface area is 109 Å². The minimum absolute atomic E-state index is 0.596. The van der Waals surface area contributed by atoms with Gasteiger partial charge in [0, 0.05) is 37.8 Å². The molecule has 1 N–H and O–H groups in total. The van der Waals surface area contributed by atoms with Gasteiger partial charge in [-0.1, -0.05) is 30.4 Å². The first-order valence-corrected chi connectivity index (χ1v) is 6.55. The molecule has 0 bridgehead atoms. The number of ether oxygens (including phenoxy) is 1. The van der Waals surface area contributed by atoms with E-state index in [9.17, 15) is 0 Å². The molecule has 3 nitrogen and oxygen atoms in total. The van der Waals surface area contributed by atoms with Crippen LogP contribution in [0.2, 0.25) is 0 Å². The second kappa shape index (κ2) is 6.57. The number of nitrogens with one attached hydrogen (secondary N) is 1. The molecule has 0 spiro atoms. The van der Waals surface area contributed by atoms with Crippen LogP contribution in [0, 0.1) is 0 Å². The molecule has 0 aromatic heterocycles. The number of piperazine rings is 1. The summed E-state index contributed by atoms with van der Waals surface area (Å²) >= 11 is 0. The number of hydrogen-bond acceptors (Lipinski definition) is 3. The van der Waals surface area contributed by atoms with Gasteiger partial charge in [-0.2, -0.15) is 0 Å². The Bertz CT molecular complexity index is 403. The van der Waals surface area contributed by atoms with Crippen LogP contribution in [0.4, 0.5) is 0 Å². The molecule has 1 atom stereocenters. The number of benzene rings is 1. The first-order valence-electron chi connectivity index (χ1n) is 6.55. The van der Waals surface area contributed by atoms with Gasteiger partial charge in [0.15, 0.2) is 0 Å². The van der Waals surface area contributed by atoms with Gasteiger partial charge in [0.05, 0.1) is 7.11 Å². The molecule has 1 saturated heterocycles. The molecule has 0 saturated carbocycles. The van der Waals surface area contributed by atoms with Gasteiger partial charge < -0.3 is 10.1 Å². The molecular weight excluding hydrogens is 224 g/mol. The zero-order chi connectivity index (χ0) is 12.8. The molecule has 2 rings (SSSR count). The van der Waals surface area contributed by atoms with Crippen LogP contribution in [0.1, 0.15) is 12.5 Å². The van der Waals surface area contributed by atoms with E-state index in [0.29, 0.717) is 6.04 Å². The lowest BCUT2D eigenvalue weighted by molar-refractivity contribution is 0.227. The molecule has 1 aliphatic rings. The summed E-state index contributed by atoms with van der Waals surface area (Å²) in [7, 11) is 1.71. The molecule has 18 heavy (non-hydrogen) atoms. The summed E-state index contributed by atoms with van der Waals surface area (Å²) in [6.07, 6.45) is 4.36. The minimum Gasteiger partial charge on any atom is -0.496 e. The molecule has 98 valence electrons. The predicted octanol–water partition coefficient (Wildman–Crippen LogP) is 2.00. The highest BCUT2D eigenvalue weighted by Crippen LogP contribution is 2.18. The monoisotopic (exact) mass is 246 g/mol. The van der Waals surface area contributed by atoms with Crippen molar-refractivity contribution in [2.75, 3.05) is 33.3 Å². The maximum Gasteiger partial charge on any atom is 0.126 e. The fourth-order valence-corrected chi connectivity index (χ4v) is 2.31. The second-order valence-electron chi connectivity index (χ2n) is 4.76.